The maximum atomic E-state index is 4.55. The van der Waals surface area contributed by atoms with Crippen LogP contribution in [0.2, 0.25) is 0 Å². The van der Waals surface area contributed by atoms with E-state index in [1.54, 1.807) is 0 Å². The van der Waals surface area contributed by atoms with Crippen molar-refractivity contribution < 1.29 is 0 Å². The SMILES string of the molecule is CC.CC.CC.CC.CC.CC.CC(C)(C)c1cc2ccccn2c1.CC(C)(C)c1cc2ccccn2n1.CC(C)(C)c1cc2ncccn2c1.CC(C)(C)c1cn2ccccc2n1.CC(C)c1ccc2ccnn2c1.CC(C)c1ccc2nccn2c1. The molecule has 0 aliphatic heterocycles. The molecule has 0 bridgehead atoms. The van der Waals surface area contributed by atoms with E-state index in [4.69, 9.17) is 0 Å². The van der Waals surface area contributed by atoms with Gasteiger partial charge in [0.15, 0.2) is 0 Å². The molecular formula is C77H117N11. The highest BCUT2D eigenvalue weighted by Crippen LogP contribution is 2.26. The third kappa shape index (κ3) is 24.4. The molecule has 12 rings (SSSR count). The van der Waals surface area contributed by atoms with Crippen LogP contribution in [0.3, 0.4) is 0 Å². The number of hydrogen-bond donors (Lipinski definition) is 0. The highest BCUT2D eigenvalue weighted by atomic mass is 15.2. The summed E-state index contributed by atoms with van der Waals surface area (Å²) in [5.41, 5.74) is 15.0. The van der Waals surface area contributed by atoms with Crippen molar-refractivity contribution in [2.75, 3.05) is 0 Å². The van der Waals surface area contributed by atoms with Crippen molar-refractivity contribution in [3.05, 3.63) is 223 Å². The van der Waals surface area contributed by atoms with Crippen LogP contribution in [0.4, 0.5) is 0 Å². The van der Waals surface area contributed by atoms with Crippen LogP contribution in [0.15, 0.2) is 190 Å². The maximum Gasteiger partial charge on any atom is 0.136 e. The third-order valence-corrected chi connectivity index (χ3v) is 13.0. The van der Waals surface area contributed by atoms with Crippen LogP contribution >= 0.6 is 0 Å². The molecule has 88 heavy (non-hydrogen) atoms. The minimum atomic E-state index is 0.131. The summed E-state index contributed by atoms with van der Waals surface area (Å²) in [5, 5.41) is 8.68. The number of pyridine rings is 5. The maximum absolute atomic E-state index is 4.55. The molecule has 0 saturated carbocycles. The van der Waals surface area contributed by atoms with Gasteiger partial charge in [0.2, 0.25) is 0 Å². The summed E-state index contributed by atoms with van der Waals surface area (Å²) in [6.07, 6.45) is 26.2. The fourth-order valence-corrected chi connectivity index (χ4v) is 7.97. The lowest BCUT2D eigenvalue weighted by Gasteiger charge is -2.15. The van der Waals surface area contributed by atoms with E-state index in [9.17, 15) is 0 Å². The number of nitrogens with zero attached hydrogens (tertiary/aromatic N) is 11. The predicted molar refractivity (Wildman–Crippen MR) is 384 cm³/mol. The molecule has 480 valence electrons. The standard InChI is InChI=1S/C12H15N.3C11H14N2.2C10H12N2.6C2H6/c1-12(2,3)10-8-11-6-4-5-7-13(11)9-10;1-11(2,3)9-7-10-12-5-4-6-13(10)8-9;1-11(2,3)9-8-13-7-5-4-6-10(13)12-9;1-11(2,3)10-8-9-6-4-5-7-13(9)12-10;1-8(2)9-3-4-10-11-5-6-12(10)7-9;1-8(2)9-3-4-10-5-6-11-12(10)7-9;6*1-2/h4-9H,1-3H3;3*4-8H,1-3H3;2*3-8H,1-2H3;6*1-2H3. The Morgan fingerprint density at radius 1 is 0.330 bits per heavy atom. The van der Waals surface area contributed by atoms with E-state index in [-0.39, 0.29) is 21.7 Å². The van der Waals surface area contributed by atoms with Crippen molar-refractivity contribution >= 4 is 33.5 Å². The Bertz CT molecular complexity index is 3180. The Morgan fingerprint density at radius 2 is 0.818 bits per heavy atom. The smallest absolute Gasteiger partial charge is 0.136 e. The number of fused-ring (bicyclic) bond motifs is 6. The molecule has 0 saturated heterocycles. The monoisotopic (exact) mass is 1200 g/mol. The molecule has 11 heteroatoms. The number of imidazole rings is 2. The van der Waals surface area contributed by atoms with Crippen LogP contribution in [0.25, 0.3) is 33.5 Å². The molecule has 0 fully saturated rings. The van der Waals surface area contributed by atoms with Crippen LogP contribution in [0.1, 0.15) is 239 Å². The van der Waals surface area contributed by atoms with Gasteiger partial charge in [0, 0.05) is 96.9 Å². The molecule has 0 aliphatic rings. The Labute approximate surface area is 533 Å². The van der Waals surface area contributed by atoms with Crippen molar-refractivity contribution in [1.82, 2.24) is 51.8 Å². The lowest BCUT2D eigenvalue weighted by atomic mass is 9.89. The average Bonchev–Trinajstić information content (AvgIpc) is 3.75. The number of rotatable bonds is 2. The second-order valence-electron chi connectivity index (χ2n) is 24.2. The molecule has 11 nitrogen and oxygen atoms in total. The molecule has 0 amide bonds. The number of hydrogen-bond acceptors (Lipinski definition) is 5. The first-order valence-corrected chi connectivity index (χ1v) is 32.6. The molecule has 0 atom stereocenters. The van der Waals surface area contributed by atoms with Crippen LogP contribution in [0.5, 0.6) is 0 Å². The molecule has 0 aromatic carbocycles. The molecule has 12 heterocycles. The van der Waals surface area contributed by atoms with Crippen molar-refractivity contribution in [2.45, 2.75) is 227 Å². The van der Waals surface area contributed by atoms with Crippen LogP contribution < -0.4 is 0 Å². The summed E-state index contributed by atoms with van der Waals surface area (Å²) < 4.78 is 12.2. The molecule has 0 N–H and O–H groups in total. The Kier molecular flexibility index (Phi) is 34.2. The van der Waals surface area contributed by atoms with Crippen molar-refractivity contribution in [2.24, 2.45) is 0 Å². The van der Waals surface area contributed by atoms with E-state index in [1.807, 2.05) is 178 Å². The van der Waals surface area contributed by atoms with Gasteiger partial charge in [-0.2, -0.15) is 10.2 Å². The topological polar surface area (TPSA) is 90.9 Å². The molecular weight excluding hydrogens is 1080 g/mol. The molecule has 0 aliphatic carbocycles. The fraction of sp³-hybridized carbons (Fsp3) is 0.442. The summed E-state index contributed by atoms with van der Waals surface area (Å²) in [6, 6.07) is 37.3. The highest BCUT2D eigenvalue weighted by Gasteiger charge is 2.19. The summed E-state index contributed by atoms with van der Waals surface area (Å²) >= 11 is 0. The minimum absolute atomic E-state index is 0.131. The second kappa shape index (κ2) is 38.5. The fourth-order valence-electron chi connectivity index (χ4n) is 7.97. The Morgan fingerprint density at radius 3 is 1.36 bits per heavy atom. The lowest BCUT2D eigenvalue weighted by Crippen LogP contribution is -2.11. The van der Waals surface area contributed by atoms with E-state index < -0.39 is 0 Å². The van der Waals surface area contributed by atoms with Gasteiger partial charge in [-0.15, -0.1) is 0 Å². The summed E-state index contributed by atoms with van der Waals surface area (Å²) in [7, 11) is 0. The zero-order valence-corrected chi connectivity index (χ0v) is 60.0. The average molecular weight is 1200 g/mol. The zero-order chi connectivity index (χ0) is 67.0. The van der Waals surface area contributed by atoms with E-state index in [1.165, 1.54) is 27.8 Å². The van der Waals surface area contributed by atoms with Crippen molar-refractivity contribution in [1.29, 1.82) is 0 Å². The molecule has 0 unspecified atom stereocenters. The van der Waals surface area contributed by atoms with Gasteiger partial charge in [-0.3, -0.25) is 0 Å². The van der Waals surface area contributed by atoms with Gasteiger partial charge in [0.1, 0.15) is 16.9 Å². The van der Waals surface area contributed by atoms with Crippen LogP contribution in [-0.4, -0.2) is 51.8 Å². The second-order valence-corrected chi connectivity index (χ2v) is 24.2. The van der Waals surface area contributed by atoms with Gasteiger partial charge in [0.25, 0.3) is 0 Å². The van der Waals surface area contributed by atoms with E-state index >= 15 is 0 Å². The summed E-state index contributed by atoms with van der Waals surface area (Å²) in [4.78, 5) is 13.0. The van der Waals surface area contributed by atoms with Gasteiger partial charge in [-0.1, -0.05) is 224 Å². The van der Waals surface area contributed by atoms with E-state index in [2.05, 4.69) is 257 Å². The first kappa shape index (κ1) is 78.2. The minimum Gasteiger partial charge on any atom is -0.324 e. The van der Waals surface area contributed by atoms with Gasteiger partial charge >= 0.3 is 0 Å². The van der Waals surface area contributed by atoms with E-state index in [0.717, 1.165) is 39.4 Å². The van der Waals surface area contributed by atoms with Gasteiger partial charge in [0.05, 0.1) is 22.4 Å². The predicted octanol–water partition coefficient (Wildman–Crippen LogP) is 22.2. The van der Waals surface area contributed by atoms with Crippen molar-refractivity contribution in [3.8, 4) is 0 Å². The number of aromatic nitrogens is 11. The summed E-state index contributed by atoms with van der Waals surface area (Å²) in [5.74, 6) is 1.15. The van der Waals surface area contributed by atoms with Crippen molar-refractivity contribution in [3.63, 3.8) is 0 Å². The van der Waals surface area contributed by atoms with Gasteiger partial charge in [-0.25, -0.2) is 24.0 Å². The summed E-state index contributed by atoms with van der Waals surface area (Å²) in [6.45, 7) is 59.2. The van der Waals surface area contributed by atoms with Gasteiger partial charge in [-0.05, 0) is 124 Å². The molecule has 12 aromatic heterocycles. The first-order valence-electron chi connectivity index (χ1n) is 32.6. The normalized spacial score (nSPS) is 10.7. The Balaban J connectivity index is 0.000000510. The lowest BCUT2D eigenvalue weighted by molar-refractivity contribution is 0.562. The first-order chi connectivity index (χ1) is 41.8. The Hall–Kier alpha value is -7.79. The highest BCUT2D eigenvalue weighted by molar-refractivity contribution is 5.52. The van der Waals surface area contributed by atoms with Gasteiger partial charge < -0.3 is 17.6 Å². The quantitative estimate of drug-likeness (QED) is 0.172. The largest absolute Gasteiger partial charge is 0.324 e. The molecule has 0 radical (unpaired) electrons. The van der Waals surface area contributed by atoms with Crippen LogP contribution in [0, 0.1) is 0 Å². The van der Waals surface area contributed by atoms with Crippen LogP contribution in [-0.2, 0) is 21.7 Å². The molecule has 12 aromatic rings. The zero-order valence-electron chi connectivity index (χ0n) is 60.0. The third-order valence-electron chi connectivity index (χ3n) is 13.0. The molecule has 0 spiro atoms. The van der Waals surface area contributed by atoms with E-state index in [0.29, 0.717) is 11.8 Å².